The van der Waals surface area contributed by atoms with E-state index in [-0.39, 0.29) is 11.9 Å². The molecule has 2 aromatic rings. The molecule has 1 fully saturated rings. The molecule has 0 spiro atoms. The van der Waals surface area contributed by atoms with Crippen LogP contribution in [0.5, 0.6) is 0 Å². The van der Waals surface area contributed by atoms with Gasteiger partial charge >= 0.3 is 0 Å². The molecular weight excluding hydrogens is 284 g/mol. The van der Waals surface area contributed by atoms with E-state index in [4.69, 9.17) is 9.47 Å². The van der Waals surface area contributed by atoms with Gasteiger partial charge < -0.3 is 14.4 Å². The normalized spacial score (nSPS) is 18.4. The van der Waals surface area contributed by atoms with Gasteiger partial charge in [-0.1, -0.05) is 0 Å². The van der Waals surface area contributed by atoms with E-state index in [9.17, 15) is 4.79 Å². The number of rotatable bonds is 4. The van der Waals surface area contributed by atoms with Crippen LogP contribution < -0.4 is 0 Å². The Hall–Kier alpha value is -2.25. The molecule has 0 radical (unpaired) electrons. The average Bonchev–Trinajstić information content (AvgIpc) is 3.10. The van der Waals surface area contributed by atoms with Gasteiger partial charge in [0, 0.05) is 37.8 Å². The standard InChI is InChI=1S/C15H18N4O3/c1-21-10-13-11-22-8-7-18(13)15(20)12-3-5-16-14(9-12)19-6-2-4-17-19/h2-6,9,13H,7-8,10-11H2,1H3. The van der Waals surface area contributed by atoms with Crippen molar-refractivity contribution in [2.75, 3.05) is 33.5 Å². The molecule has 0 bridgehead atoms. The fourth-order valence-electron chi connectivity index (χ4n) is 2.50. The van der Waals surface area contributed by atoms with Gasteiger partial charge in [-0.2, -0.15) is 5.10 Å². The maximum absolute atomic E-state index is 12.8. The fraction of sp³-hybridized carbons (Fsp3) is 0.400. The van der Waals surface area contributed by atoms with Gasteiger partial charge in [0.15, 0.2) is 5.82 Å². The third kappa shape index (κ3) is 3.00. The highest BCUT2D eigenvalue weighted by Crippen LogP contribution is 2.14. The number of carbonyl (C=O) groups is 1. The van der Waals surface area contributed by atoms with E-state index in [0.717, 1.165) is 0 Å². The number of amides is 1. The minimum atomic E-state index is -0.0624. The number of aromatic nitrogens is 3. The molecule has 0 N–H and O–H groups in total. The van der Waals surface area contributed by atoms with Crippen molar-refractivity contribution in [1.82, 2.24) is 19.7 Å². The minimum Gasteiger partial charge on any atom is -0.382 e. The fourth-order valence-corrected chi connectivity index (χ4v) is 2.50. The summed E-state index contributed by atoms with van der Waals surface area (Å²) in [7, 11) is 1.62. The summed E-state index contributed by atoms with van der Waals surface area (Å²) in [5.74, 6) is 0.577. The SMILES string of the molecule is COCC1COCCN1C(=O)c1ccnc(-n2cccn2)c1. The summed E-state index contributed by atoms with van der Waals surface area (Å²) in [6, 6.07) is 5.21. The summed E-state index contributed by atoms with van der Waals surface area (Å²) in [5.41, 5.74) is 0.587. The molecule has 3 heterocycles. The highest BCUT2D eigenvalue weighted by atomic mass is 16.5. The molecule has 0 saturated carbocycles. The van der Waals surface area contributed by atoms with Crippen LogP contribution in [0.3, 0.4) is 0 Å². The highest BCUT2D eigenvalue weighted by molar-refractivity contribution is 5.94. The van der Waals surface area contributed by atoms with Crippen LogP contribution in [0.1, 0.15) is 10.4 Å². The van der Waals surface area contributed by atoms with Gasteiger partial charge in [0.1, 0.15) is 0 Å². The lowest BCUT2D eigenvalue weighted by Gasteiger charge is -2.35. The molecule has 0 aromatic carbocycles. The Morgan fingerprint density at radius 2 is 2.41 bits per heavy atom. The van der Waals surface area contributed by atoms with Crippen molar-refractivity contribution >= 4 is 5.91 Å². The van der Waals surface area contributed by atoms with Crippen LogP contribution in [0.4, 0.5) is 0 Å². The van der Waals surface area contributed by atoms with E-state index >= 15 is 0 Å². The predicted octanol–water partition coefficient (Wildman–Crippen LogP) is 0.755. The molecule has 1 aliphatic heterocycles. The quantitative estimate of drug-likeness (QED) is 0.834. The number of methoxy groups -OCH3 is 1. The van der Waals surface area contributed by atoms with Gasteiger partial charge in [0.05, 0.1) is 25.9 Å². The second-order valence-corrected chi connectivity index (χ2v) is 5.04. The van der Waals surface area contributed by atoms with Crippen LogP contribution in [-0.2, 0) is 9.47 Å². The van der Waals surface area contributed by atoms with E-state index < -0.39 is 0 Å². The summed E-state index contributed by atoms with van der Waals surface area (Å²) in [4.78, 5) is 18.8. The van der Waals surface area contributed by atoms with Crippen molar-refractivity contribution in [3.63, 3.8) is 0 Å². The zero-order valence-corrected chi connectivity index (χ0v) is 12.4. The number of pyridine rings is 1. The molecule has 116 valence electrons. The zero-order valence-electron chi connectivity index (χ0n) is 12.4. The summed E-state index contributed by atoms with van der Waals surface area (Å²) >= 11 is 0. The second kappa shape index (κ2) is 6.67. The van der Waals surface area contributed by atoms with Crippen LogP contribution in [0.15, 0.2) is 36.8 Å². The molecule has 7 heteroatoms. The Morgan fingerprint density at radius 1 is 1.50 bits per heavy atom. The molecule has 3 rings (SSSR count). The number of hydrogen-bond acceptors (Lipinski definition) is 5. The summed E-state index contributed by atoms with van der Waals surface area (Å²) in [5, 5.41) is 4.13. The topological polar surface area (TPSA) is 69.5 Å². The lowest BCUT2D eigenvalue weighted by atomic mass is 10.1. The van der Waals surface area contributed by atoms with Crippen LogP contribution in [0, 0.1) is 0 Å². The van der Waals surface area contributed by atoms with Gasteiger partial charge in [0.2, 0.25) is 0 Å². The molecule has 0 aliphatic carbocycles. The number of morpholine rings is 1. The van der Waals surface area contributed by atoms with E-state index in [1.165, 1.54) is 0 Å². The number of nitrogens with zero attached hydrogens (tertiary/aromatic N) is 4. The Kier molecular flexibility index (Phi) is 4.45. The first-order valence-electron chi connectivity index (χ1n) is 7.13. The summed E-state index contributed by atoms with van der Waals surface area (Å²) in [6.45, 7) is 2.06. The zero-order chi connectivity index (χ0) is 15.4. The first-order valence-corrected chi connectivity index (χ1v) is 7.13. The summed E-state index contributed by atoms with van der Waals surface area (Å²) < 4.78 is 12.2. The maximum Gasteiger partial charge on any atom is 0.254 e. The van der Waals surface area contributed by atoms with Gasteiger partial charge in [-0.05, 0) is 18.2 Å². The summed E-state index contributed by atoms with van der Waals surface area (Å²) in [6.07, 6.45) is 5.09. The van der Waals surface area contributed by atoms with Crippen molar-refractivity contribution < 1.29 is 14.3 Å². The van der Waals surface area contributed by atoms with Gasteiger partial charge in [-0.25, -0.2) is 9.67 Å². The lowest BCUT2D eigenvalue weighted by Crippen LogP contribution is -2.50. The largest absolute Gasteiger partial charge is 0.382 e. The molecule has 1 saturated heterocycles. The van der Waals surface area contributed by atoms with E-state index in [0.29, 0.717) is 37.7 Å². The lowest BCUT2D eigenvalue weighted by molar-refractivity contribution is -0.0251. The van der Waals surface area contributed by atoms with Crippen molar-refractivity contribution in [3.05, 3.63) is 42.4 Å². The Balaban J connectivity index is 1.83. The molecule has 7 nitrogen and oxygen atoms in total. The van der Waals surface area contributed by atoms with Crippen LogP contribution in [-0.4, -0.2) is 65.1 Å². The smallest absolute Gasteiger partial charge is 0.254 e. The molecule has 1 unspecified atom stereocenters. The van der Waals surface area contributed by atoms with Crippen molar-refractivity contribution in [1.29, 1.82) is 0 Å². The maximum atomic E-state index is 12.8. The molecule has 22 heavy (non-hydrogen) atoms. The van der Waals surface area contributed by atoms with E-state index in [2.05, 4.69) is 10.1 Å². The molecular formula is C15H18N4O3. The minimum absolute atomic E-state index is 0.0406. The van der Waals surface area contributed by atoms with Gasteiger partial charge in [-0.3, -0.25) is 4.79 Å². The van der Waals surface area contributed by atoms with Crippen molar-refractivity contribution in [2.45, 2.75) is 6.04 Å². The van der Waals surface area contributed by atoms with Gasteiger partial charge in [-0.15, -0.1) is 0 Å². The Labute approximate surface area is 128 Å². The molecule has 1 amide bonds. The number of carbonyl (C=O) groups excluding carboxylic acids is 1. The van der Waals surface area contributed by atoms with E-state index in [1.54, 1.807) is 47.4 Å². The van der Waals surface area contributed by atoms with Crippen LogP contribution >= 0.6 is 0 Å². The first-order chi connectivity index (χ1) is 10.8. The third-order valence-electron chi connectivity index (χ3n) is 3.58. The molecule has 2 aromatic heterocycles. The van der Waals surface area contributed by atoms with Crippen LogP contribution in [0.2, 0.25) is 0 Å². The highest BCUT2D eigenvalue weighted by Gasteiger charge is 2.28. The third-order valence-corrected chi connectivity index (χ3v) is 3.58. The Bertz CT molecular complexity index is 627. The second-order valence-electron chi connectivity index (χ2n) is 5.04. The first kappa shape index (κ1) is 14.7. The Morgan fingerprint density at radius 3 is 3.18 bits per heavy atom. The number of ether oxygens (including phenoxy) is 2. The van der Waals surface area contributed by atoms with Crippen molar-refractivity contribution in [2.24, 2.45) is 0 Å². The monoisotopic (exact) mass is 302 g/mol. The van der Waals surface area contributed by atoms with Crippen molar-refractivity contribution in [3.8, 4) is 5.82 Å². The molecule has 1 atom stereocenters. The average molecular weight is 302 g/mol. The number of hydrogen-bond donors (Lipinski definition) is 0. The van der Waals surface area contributed by atoms with E-state index in [1.807, 2.05) is 6.07 Å². The van der Waals surface area contributed by atoms with Gasteiger partial charge in [0.25, 0.3) is 5.91 Å². The molecule has 1 aliphatic rings. The van der Waals surface area contributed by atoms with Crippen LogP contribution in [0.25, 0.3) is 5.82 Å². The predicted molar refractivity (Wildman–Crippen MR) is 78.9 cm³/mol.